The van der Waals surface area contributed by atoms with E-state index in [1.165, 1.54) is 26.7 Å². The molecule has 0 aliphatic rings. The molecule has 0 spiro atoms. The van der Waals surface area contributed by atoms with Crippen molar-refractivity contribution in [2.75, 3.05) is 0 Å². The van der Waals surface area contributed by atoms with Gasteiger partial charge in [0.05, 0.1) is 0 Å². The van der Waals surface area contributed by atoms with Crippen LogP contribution in [0.4, 0.5) is 0 Å². The maximum atomic E-state index is 6.21. The van der Waals surface area contributed by atoms with Crippen molar-refractivity contribution in [1.82, 2.24) is 0 Å². The number of benzene rings is 1. The van der Waals surface area contributed by atoms with E-state index in [0.717, 1.165) is 0 Å². The van der Waals surface area contributed by atoms with E-state index in [1.54, 1.807) is 0 Å². The van der Waals surface area contributed by atoms with Crippen molar-refractivity contribution >= 4 is 27.5 Å². The molecule has 1 rings (SSSR count). The average Bonchev–Trinajstić information content (AvgIpc) is 2.26. The van der Waals surface area contributed by atoms with E-state index in [-0.39, 0.29) is 0 Å². The highest BCUT2D eigenvalue weighted by Crippen LogP contribution is 2.39. The molecule has 0 aliphatic carbocycles. The molecule has 0 aliphatic heterocycles. The van der Waals surface area contributed by atoms with Crippen LogP contribution >= 0.6 is 27.5 Å². The molecule has 0 saturated carbocycles. The van der Waals surface area contributed by atoms with Crippen molar-refractivity contribution in [2.24, 2.45) is 0 Å². The molecule has 0 N–H and O–H groups in total. The van der Waals surface area contributed by atoms with Crippen LogP contribution in [0.1, 0.15) is 81.5 Å². The summed E-state index contributed by atoms with van der Waals surface area (Å²) in [5, 5.41) is 0. The topological polar surface area (TPSA) is 0 Å². The van der Waals surface area contributed by atoms with Crippen molar-refractivity contribution in [3.63, 3.8) is 0 Å². The third kappa shape index (κ3) is 3.11. The van der Waals surface area contributed by atoms with Gasteiger partial charge in [-0.1, -0.05) is 63.5 Å². The first-order valence-electron chi connectivity index (χ1n) is 6.72. The summed E-state index contributed by atoms with van der Waals surface area (Å²) in [4.78, 5) is 0. The van der Waals surface area contributed by atoms with Gasteiger partial charge in [0.2, 0.25) is 0 Å². The van der Waals surface area contributed by atoms with Crippen molar-refractivity contribution in [3.05, 3.63) is 32.8 Å². The smallest absolute Gasteiger partial charge is 0.0480 e. The molecule has 0 unspecified atom stereocenters. The molecular weight excluding hydrogens is 308 g/mol. The second-order valence-corrected chi connectivity index (χ2v) is 6.92. The lowest BCUT2D eigenvalue weighted by molar-refractivity contribution is 0.781. The molecule has 0 atom stereocenters. The van der Waals surface area contributed by atoms with Crippen LogP contribution in [-0.4, -0.2) is 0 Å². The van der Waals surface area contributed by atoms with Crippen molar-refractivity contribution in [2.45, 2.75) is 65.2 Å². The summed E-state index contributed by atoms with van der Waals surface area (Å²) in [6.07, 6.45) is 0. The molecule has 102 valence electrons. The van der Waals surface area contributed by atoms with Gasteiger partial charge in [0, 0.05) is 10.4 Å². The molecule has 2 heteroatoms. The van der Waals surface area contributed by atoms with Gasteiger partial charge < -0.3 is 0 Å². The minimum Gasteiger partial charge on any atom is -0.122 e. The number of hydrogen-bond acceptors (Lipinski definition) is 0. The largest absolute Gasteiger partial charge is 0.122 e. The van der Waals surface area contributed by atoms with E-state index in [9.17, 15) is 0 Å². The van der Waals surface area contributed by atoms with Gasteiger partial charge in [-0.3, -0.25) is 0 Å². The Labute approximate surface area is 125 Å². The lowest BCUT2D eigenvalue weighted by Gasteiger charge is -2.24. The fourth-order valence-corrected chi connectivity index (χ4v) is 4.02. The van der Waals surface area contributed by atoms with Crippen LogP contribution in [0, 0.1) is 0 Å². The summed E-state index contributed by atoms with van der Waals surface area (Å²) >= 11 is 10.0. The van der Waals surface area contributed by atoms with Crippen molar-refractivity contribution < 1.29 is 0 Å². The van der Waals surface area contributed by atoms with Crippen molar-refractivity contribution in [1.29, 1.82) is 0 Å². The van der Waals surface area contributed by atoms with Crippen LogP contribution in [0.5, 0.6) is 0 Å². The monoisotopic (exact) mass is 330 g/mol. The summed E-state index contributed by atoms with van der Waals surface area (Å²) in [5.41, 5.74) is 5.51. The number of alkyl halides is 1. The Bertz CT molecular complexity index is 420. The lowest BCUT2D eigenvalue weighted by atomic mass is 9.85. The maximum absolute atomic E-state index is 6.21. The molecule has 1 aromatic rings. The minimum atomic E-state index is 0.490. The third-order valence-corrected chi connectivity index (χ3v) is 4.58. The first-order chi connectivity index (χ1) is 8.31. The zero-order valence-electron chi connectivity index (χ0n) is 12.3. The molecule has 0 amide bonds. The molecule has 0 aromatic heterocycles. The highest BCUT2D eigenvalue weighted by molar-refractivity contribution is 9.10. The first-order valence-corrected chi connectivity index (χ1v) is 8.04. The summed E-state index contributed by atoms with van der Waals surface area (Å²) in [6, 6.07) is 2.34. The quantitative estimate of drug-likeness (QED) is 0.548. The van der Waals surface area contributed by atoms with Gasteiger partial charge in [0.25, 0.3) is 0 Å². The van der Waals surface area contributed by atoms with Gasteiger partial charge >= 0.3 is 0 Å². The maximum Gasteiger partial charge on any atom is 0.0480 e. The third-order valence-electron chi connectivity index (χ3n) is 3.43. The molecule has 0 nitrogen and oxygen atoms in total. The molecule has 1 aromatic carbocycles. The van der Waals surface area contributed by atoms with Crippen LogP contribution in [0.2, 0.25) is 0 Å². The molecule has 18 heavy (non-hydrogen) atoms. The fraction of sp³-hybridized carbons (Fsp3) is 0.625. The normalized spacial score (nSPS) is 11.9. The highest BCUT2D eigenvalue weighted by atomic mass is 79.9. The van der Waals surface area contributed by atoms with Crippen molar-refractivity contribution in [3.8, 4) is 0 Å². The minimum absolute atomic E-state index is 0.490. The highest BCUT2D eigenvalue weighted by Gasteiger charge is 2.20. The summed E-state index contributed by atoms with van der Waals surface area (Å²) in [7, 11) is 0. The Hall–Kier alpha value is -0.0100. The predicted molar refractivity (Wildman–Crippen MR) is 86.0 cm³/mol. The first kappa shape index (κ1) is 16.0. The van der Waals surface area contributed by atoms with E-state index in [2.05, 4.69) is 63.5 Å². The van der Waals surface area contributed by atoms with E-state index < -0.39 is 0 Å². The number of hydrogen-bond donors (Lipinski definition) is 0. The van der Waals surface area contributed by atoms with Crippen LogP contribution in [0.15, 0.2) is 10.5 Å². The lowest BCUT2D eigenvalue weighted by Crippen LogP contribution is -2.07. The standard InChI is InChI=1S/C16H24BrCl/c1-9(2)12-7-13(10(3)4)16(17)15(11(5)6)14(12)8-18/h7,9-11H,8H2,1-6H3. The van der Waals surface area contributed by atoms with Gasteiger partial charge in [0.15, 0.2) is 0 Å². The number of rotatable bonds is 4. The SMILES string of the molecule is CC(C)c1cc(C(C)C)c(CCl)c(C(C)C)c1Br. The van der Waals surface area contributed by atoms with E-state index in [1.807, 2.05) is 0 Å². The van der Waals surface area contributed by atoms with Crippen LogP contribution < -0.4 is 0 Å². The molecule has 0 heterocycles. The zero-order valence-corrected chi connectivity index (χ0v) is 14.6. The second kappa shape index (κ2) is 6.43. The molecule has 0 saturated heterocycles. The Balaban J connectivity index is 3.64. The fourth-order valence-electron chi connectivity index (χ4n) is 2.45. The Kier molecular flexibility index (Phi) is 5.73. The molecular formula is C16H24BrCl. The van der Waals surface area contributed by atoms with E-state index >= 15 is 0 Å². The molecule has 0 radical (unpaired) electrons. The van der Waals surface area contributed by atoms with Gasteiger partial charge in [0.1, 0.15) is 0 Å². The Morgan fingerprint density at radius 2 is 1.44 bits per heavy atom. The summed E-state index contributed by atoms with van der Waals surface area (Å²) in [6.45, 7) is 13.5. The predicted octanol–water partition coefficient (Wildman–Crippen LogP) is 6.56. The van der Waals surface area contributed by atoms with Crippen LogP contribution in [0.3, 0.4) is 0 Å². The van der Waals surface area contributed by atoms with Gasteiger partial charge in [-0.15, -0.1) is 11.6 Å². The number of halogens is 2. The van der Waals surface area contributed by atoms with Gasteiger partial charge in [-0.05, 0) is 40.0 Å². The molecule has 0 fully saturated rings. The average molecular weight is 332 g/mol. The Morgan fingerprint density at radius 3 is 1.78 bits per heavy atom. The second-order valence-electron chi connectivity index (χ2n) is 5.86. The van der Waals surface area contributed by atoms with Crippen LogP contribution in [0.25, 0.3) is 0 Å². The van der Waals surface area contributed by atoms with Gasteiger partial charge in [-0.2, -0.15) is 0 Å². The summed E-state index contributed by atoms with van der Waals surface area (Å²) in [5.74, 6) is 2.13. The zero-order chi connectivity index (χ0) is 14.0. The summed E-state index contributed by atoms with van der Waals surface area (Å²) < 4.78 is 1.26. The van der Waals surface area contributed by atoms with Gasteiger partial charge in [-0.25, -0.2) is 0 Å². The molecule has 0 bridgehead atoms. The Morgan fingerprint density at radius 1 is 0.944 bits per heavy atom. The van der Waals surface area contributed by atoms with E-state index in [0.29, 0.717) is 23.6 Å². The van der Waals surface area contributed by atoms with E-state index in [4.69, 9.17) is 11.6 Å². The van der Waals surface area contributed by atoms with Crippen LogP contribution in [-0.2, 0) is 5.88 Å².